The van der Waals surface area contributed by atoms with Crippen molar-refractivity contribution in [3.8, 4) is 22.8 Å². The minimum Gasteiger partial charge on any atom is -0.493 e. The van der Waals surface area contributed by atoms with Crippen LogP contribution in [0.2, 0.25) is 0 Å². The molecule has 1 aliphatic rings. The zero-order valence-corrected chi connectivity index (χ0v) is 21.1. The highest BCUT2D eigenvalue weighted by Gasteiger charge is 2.15. The Morgan fingerprint density at radius 2 is 1.83 bits per heavy atom. The zero-order valence-electron chi connectivity index (χ0n) is 20.3. The fraction of sp³-hybridized carbons (Fsp3) is 0.267. The molecule has 5 rings (SSSR count). The number of methoxy groups -OCH3 is 1. The minimum atomic E-state index is -0.281. The fourth-order valence-electron chi connectivity index (χ4n) is 4.62. The second kappa shape index (κ2) is 11.5. The van der Waals surface area contributed by atoms with E-state index in [2.05, 4.69) is 29.3 Å². The van der Waals surface area contributed by atoms with E-state index in [-0.39, 0.29) is 12.4 Å². The maximum absolute atomic E-state index is 13.4. The van der Waals surface area contributed by atoms with Crippen molar-refractivity contribution in [2.45, 2.75) is 44.6 Å². The summed E-state index contributed by atoms with van der Waals surface area (Å²) in [5, 5.41) is 2.75. The van der Waals surface area contributed by atoms with E-state index in [1.165, 1.54) is 61.1 Å². The molecule has 0 spiro atoms. The Balaban J connectivity index is 1.23. The highest BCUT2D eigenvalue weighted by molar-refractivity contribution is 7.13. The van der Waals surface area contributed by atoms with E-state index in [0.29, 0.717) is 22.5 Å². The van der Waals surface area contributed by atoms with E-state index in [1.807, 2.05) is 29.6 Å². The molecule has 4 aromatic rings. The Kier molecular flexibility index (Phi) is 7.72. The van der Waals surface area contributed by atoms with Gasteiger partial charge in [0.15, 0.2) is 11.5 Å². The number of nitrogens with zero attached hydrogens (tertiary/aromatic N) is 2. The van der Waals surface area contributed by atoms with Gasteiger partial charge < -0.3 is 9.47 Å². The number of rotatable bonds is 8. The molecule has 4 nitrogen and oxygen atoms in total. The van der Waals surface area contributed by atoms with Crippen LogP contribution in [0.5, 0.6) is 11.5 Å². The smallest absolute Gasteiger partial charge is 0.209 e. The van der Waals surface area contributed by atoms with E-state index >= 15 is 0 Å². The lowest BCUT2D eigenvalue weighted by Gasteiger charge is -2.22. The van der Waals surface area contributed by atoms with Gasteiger partial charge in [-0.05, 0) is 65.8 Å². The lowest BCUT2D eigenvalue weighted by atomic mass is 9.84. The Labute approximate surface area is 215 Å². The highest BCUT2D eigenvalue weighted by atomic mass is 32.1. The summed E-state index contributed by atoms with van der Waals surface area (Å²) >= 11 is 1.52. The summed E-state index contributed by atoms with van der Waals surface area (Å²) in [6.45, 7) is 0.255. The molecule has 0 N–H and O–H groups in total. The third-order valence-corrected chi connectivity index (χ3v) is 7.32. The van der Waals surface area contributed by atoms with E-state index in [4.69, 9.17) is 14.5 Å². The van der Waals surface area contributed by atoms with Crippen molar-refractivity contribution in [2.75, 3.05) is 7.11 Å². The average molecular weight is 501 g/mol. The largest absolute Gasteiger partial charge is 0.493 e. The number of hydrogen-bond acceptors (Lipinski definition) is 5. The van der Waals surface area contributed by atoms with Crippen LogP contribution >= 0.6 is 11.3 Å². The lowest BCUT2D eigenvalue weighted by Crippen LogP contribution is -2.04. The average Bonchev–Trinajstić information content (AvgIpc) is 3.41. The van der Waals surface area contributed by atoms with Gasteiger partial charge in [-0.1, -0.05) is 55.7 Å². The first-order chi connectivity index (χ1) is 17.7. The number of aromatic nitrogens is 1. The van der Waals surface area contributed by atoms with Gasteiger partial charge in [0.2, 0.25) is 5.13 Å². The van der Waals surface area contributed by atoms with Gasteiger partial charge in [-0.25, -0.2) is 14.4 Å². The number of ether oxygens (including phenoxy) is 2. The van der Waals surface area contributed by atoms with Crippen LogP contribution in [0.25, 0.3) is 11.3 Å². The predicted octanol–water partition coefficient (Wildman–Crippen LogP) is 8.34. The molecule has 1 aromatic heterocycles. The van der Waals surface area contributed by atoms with Crippen molar-refractivity contribution in [1.82, 2.24) is 4.98 Å². The van der Waals surface area contributed by atoms with Gasteiger partial charge in [-0.2, -0.15) is 0 Å². The van der Waals surface area contributed by atoms with Crippen molar-refractivity contribution in [3.05, 3.63) is 94.6 Å². The first-order valence-electron chi connectivity index (χ1n) is 12.3. The summed E-state index contributed by atoms with van der Waals surface area (Å²) in [7, 11) is 1.60. The maximum atomic E-state index is 13.4. The van der Waals surface area contributed by atoms with Crippen LogP contribution in [0, 0.1) is 5.82 Å². The first kappa shape index (κ1) is 24.2. The number of thiazole rings is 1. The Morgan fingerprint density at radius 3 is 2.61 bits per heavy atom. The molecule has 0 amide bonds. The third-order valence-electron chi connectivity index (χ3n) is 6.57. The zero-order chi connectivity index (χ0) is 24.7. The molecule has 0 radical (unpaired) electrons. The number of halogens is 1. The Hall–Kier alpha value is -3.51. The summed E-state index contributed by atoms with van der Waals surface area (Å²) in [5.41, 5.74) is 5.14. The minimum absolute atomic E-state index is 0.255. The molecule has 1 aliphatic carbocycles. The molecule has 0 unspecified atom stereocenters. The summed E-state index contributed by atoms with van der Waals surface area (Å²) in [4.78, 5) is 9.27. The standard InChI is InChI=1S/C30H29FN2O2S/c1-34-29-17-21(10-15-28(29)35-19-22-6-5-9-26(31)16-22)18-32-30-33-27(20-36-30)25-13-11-24(12-14-25)23-7-3-2-4-8-23/h5-6,9-18,20,23H,2-4,7-8,19H2,1H3. The highest BCUT2D eigenvalue weighted by Crippen LogP contribution is 2.34. The van der Waals surface area contributed by atoms with E-state index in [0.717, 1.165) is 22.4 Å². The second-order valence-electron chi connectivity index (χ2n) is 9.06. The monoisotopic (exact) mass is 500 g/mol. The van der Waals surface area contributed by atoms with E-state index in [9.17, 15) is 4.39 Å². The molecule has 184 valence electrons. The Bertz CT molecular complexity index is 1330. The van der Waals surface area contributed by atoms with Crippen LogP contribution in [0.1, 0.15) is 54.7 Å². The second-order valence-corrected chi connectivity index (χ2v) is 9.90. The molecule has 0 atom stereocenters. The molecule has 36 heavy (non-hydrogen) atoms. The molecular weight excluding hydrogens is 471 g/mol. The SMILES string of the molecule is COc1cc(C=Nc2nc(-c3ccc(C4CCCCC4)cc3)cs2)ccc1OCc1cccc(F)c1. The van der Waals surface area contributed by atoms with Crippen molar-refractivity contribution in [1.29, 1.82) is 0 Å². The molecular formula is C30H29FN2O2S. The van der Waals surface area contributed by atoms with Gasteiger partial charge in [0.05, 0.1) is 12.8 Å². The van der Waals surface area contributed by atoms with Gasteiger partial charge in [-0.15, -0.1) is 11.3 Å². The Morgan fingerprint density at radius 1 is 1.00 bits per heavy atom. The van der Waals surface area contributed by atoms with Crippen molar-refractivity contribution < 1.29 is 13.9 Å². The lowest BCUT2D eigenvalue weighted by molar-refractivity contribution is 0.284. The molecule has 0 aliphatic heterocycles. The third kappa shape index (κ3) is 6.00. The summed E-state index contributed by atoms with van der Waals surface area (Å²) in [6, 6.07) is 20.9. The first-order valence-corrected chi connectivity index (χ1v) is 13.2. The van der Waals surface area contributed by atoms with E-state index in [1.54, 1.807) is 19.4 Å². The molecule has 1 saturated carbocycles. The number of hydrogen-bond donors (Lipinski definition) is 0. The van der Waals surface area contributed by atoms with Gasteiger partial charge in [0, 0.05) is 17.2 Å². The summed E-state index contributed by atoms with van der Waals surface area (Å²) in [6.07, 6.45) is 8.44. The number of aliphatic imine (C=N–C) groups is 1. The summed E-state index contributed by atoms with van der Waals surface area (Å²) in [5.74, 6) is 1.61. The van der Waals surface area contributed by atoms with Crippen LogP contribution < -0.4 is 9.47 Å². The summed E-state index contributed by atoms with van der Waals surface area (Å²) < 4.78 is 24.7. The van der Waals surface area contributed by atoms with Gasteiger partial charge >= 0.3 is 0 Å². The molecule has 1 fully saturated rings. The van der Waals surface area contributed by atoms with Crippen LogP contribution in [0.4, 0.5) is 9.52 Å². The van der Waals surface area contributed by atoms with E-state index < -0.39 is 0 Å². The van der Waals surface area contributed by atoms with Crippen LogP contribution in [0.15, 0.2) is 77.1 Å². The van der Waals surface area contributed by atoms with Crippen LogP contribution in [0.3, 0.4) is 0 Å². The quantitative estimate of drug-likeness (QED) is 0.228. The van der Waals surface area contributed by atoms with Crippen LogP contribution in [-0.2, 0) is 6.61 Å². The molecule has 6 heteroatoms. The molecule has 0 bridgehead atoms. The van der Waals surface area contributed by atoms with Crippen molar-refractivity contribution in [2.24, 2.45) is 4.99 Å². The maximum Gasteiger partial charge on any atom is 0.209 e. The van der Waals surface area contributed by atoms with Gasteiger partial charge in [0.1, 0.15) is 12.4 Å². The van der Waals surface area contributed by atoms with Crippen LogP contribution in [-0.4, -0.2) is 18.3 Å². The van der Waals surface area contributed by atoms with Crippen molar-refractivity contribution in [3.63, 3.8) is 0 Å². The molecule has 1 heterocycles. The number of benzene rings is 3. The van der Waals surface area contributed by atoms with Crippen molar-refractivity contribution >= 4 is 22.7 Å². The molecule has 3 aromatic carbocycles. The topological polar surface area (TPSA) is 43.7 Å². The molecule has 0 saturated heterocycles. The normalized spacial score (nSPS) is 14.3. The fourth-order valence-corrected chi connectivity index (χ4v) is 5.29. The predicted molar refractivity (Wildman–Crippen MR) is 144 cm³/mol. The van der Waals surface area contributed by atoms with Gasteiger partial charge in [-0.3, -0.25) is 0 Å². The van der Waals surface area contributed by atoms with Gasteiger partial charge in [0.25, 0.3) is 0 Å².